The third-order valence-electron chi connectivity index (χ3n) is 5.37. The van der Waals surface area contributed by atoms with Gasteiger partial charge in [-0.1, -0.05) is 20.8 Å². The van der Waals surface area contributed by atoms with Crippen LogP contribution in [0.3, 0.4) is 0 Å². The Morgan fingerprint density at radius 3 is 2.55 bits per heavy atom. The normalized spacial score (nSPS) is 22.5. The van der Waals surface area contributed by atoms with Crippen LogP contribution in [0.25, 0.3) is 0 Å². The zero-order chi connectivity index (χ0) is 15.9. The van der Waals surface area contributed by atoms with Crippen LogP contribution in [0, 0.1) is 11.3 Å². The molecule has 1 atom stereocenters. The second-order valence-corrected chi connectivity index (χ2v) is 9.04. The smallest absolute Gasteiger partial charge is 0.257 e. The van der Waals surface area contributed by atoms with Crippen molar-refractivity contribution in [2.45, 2.75) is 59.3 Å². The van der Waals surface area contributed by atoms with E-state index in [1.807, 2.05) is 4.90 Å². The van der Waals surface area contributed by atoms with Crippen molar-refractivity contribution in [2.75, 3.05) is 18.8 Å². The van der Waals surface area contributed by atoms with Crippen LogP contribution in [0.2, 0.25) is 0 Å². The highest BCUT2D eigenvalue weighted by atomic mass is 32.1. The number of carbonyl (C=O) groups excluding carboxylic acids is 1. The number of likely N-dealkylation sites (tertiary alicyclic amines) is 1. The number of piperidine rings is 1. The van der Waals surface area contributed by atoms with E-state index in [1.165, 1.54) is 23.3 Å². The van der Waals surface area contributed by atoms with Crippen molar-refractivity contribution < 1.29 is 4.79 Å². The monoisotopic (exact) mass is 320 g/mol. The first kappa shape index (κ1) is 15.9. The molecule has 1 amide bonds. The second kappa shape index (κ2) is 5.88. The summed E-state index contributed by atoms with van der Waals surface area (Å²) in [6, 6.07) is 0. The quantitative estimate of drug-likeness (QED) is 0.846. The molecule has 0 radical (unpaired) electrons. The van der Waals surface area contributed by atoms with E-state index < -0.39 is 0 Å². The van der Waals surface area contributed by atoms with E-state index in [2.05, 4.69) is 20.8 Å². The molecule has 3 rings (SSSR count). The molecule has 2 N–H and O–H groups in total. The molecule has 1 aromatic heterocycles. The van der Waals surface area contributed by atoms with Gasteiger partial charge in [-0.3, -0.25) is 4.79 Å². The van der Waals surface area contributed by atoms with E-state index in [-0.39, 0.29) is 5.91 Å². The number of hydrogen-bond donors (Lipinski definition) is 1. The summed E-state index contributed by atoms with van der Waals surface area (Å²) in [6.07, 6.45) is 6.77. The van der Waals surface area contributed by atoms with Gasteiger partial charge in [-0.25, -0.2) is 0 Å². The summed E-state index contributed by atoms with van der Waals surface area (Å²) in [6.45, 7) is 8.75. The van der Waals surface area contributed by atoms with E-state index in [4.69, 9.17) is 5.73 Å². The van der Waals surface area contributed by atoms with Crippen LogP contribution in [-0.4, -0.2) is 23.9 Å². The van der Waals surface area contributed by atoms with Gasteiger partial charge < -0.3 is 10.6 Å². The first-order chi connectivity index (χ1) is 10.4. The fourth-order valence-electron chi connectivity index (χ4n) is 3.84. The lowest BCUT2D eigenvalue weighted by Crippen LogP contribution is -2.36. The van der Waals surface area contributed by atoms with Crippen LogP contribution in [0.5, 0.6) is 0 Å². The minimum atomic E-state index is 0.184. The lowest BCUT2D eigenvalue weighted by Gasteiger charge is -2.34. The standard InChI is InChI=1S/C18H28N2OS/c1-18(2,3)12-7-8-13-14(11-12)22-16(19)15(13)17(21)20-9-5-4-6-10-20/h12H,4-11,19H2,1-3H3/t12-/m1/s1. The number of fused-ring (bicyclic) bond motifs is 1. The number of hydrogen-bond acceptors (Lipinski definition) is 3. The predicted octanol–water partition coefficient (Wildman–Crippen LogP) is 4.11. The Labute approximate surface area is 137 Å². The number of nitrogens with zero attached hydrogens (tertiary/aromatic N) is 1. The third-order valence-corrected chi connectivity index (χ3v) is 6.46. The van der Waals surface area contributed by atoms with Gasteiger partial charge in [-0.2, -0.15) is 0 Å². The minimum Gasteiger partial charge on any atom is -0.390 e. The Kier molecular flexibility index (Phi) is 4.23. The molecule has 0 aromatic carbocycles. The summed E-state index contributed by atoms with van der Waals surface area (Å²) in [5, 5.41) is 0.745. The maximum absolute atomic E-state index is 12.9. The number of rotatable bonds is 1. The molecule has 0 saturated carbocycles. The van der Waals surface area contributed by atoms with Crippen LogP contribution in [0.15, 0.2) is 0 Å². The number of amides is 1. The molecule has 1 fully saturated rings. The summed E-state index contributed by atoms with van der Waals surface area (Å²) in [7, 11) is 0. The number of nitrogens with two attached hydrogens (primary N) is 1. The van der Waals surface area contributed by atoms with Gasteiger partial charge in [0.1, 0.15) is 0 Å². The molecule has 0 unspecified atom stereocenters. The zero-order valence-electron chi connectivity index (χ0n) is 14.1. The van der Waals surface area contributed by atoms with E-state index in [1.54, 1.807) is 11.3 Å². The predicted molar refractivity (Wildman–Crippen MR) is 93.5 cm³/mol. The highest BCUT2D eigenvalue weighted by Crippen LogP contribution is 2.43. The molecule has 1 aromatic rings. The van der Waals surface area contributed by atoms with E-state index >= 15 is 0 Å². The summed E-state index contributed by atoms with van der Waals surface area (Å²) >= 11 is 1.66. The second-order valence-electron chi connectivity index (χ2n) is 7.90. The summed E-state index contributed by atoms with van der Waals surface area (Å²) in [5.41, 5.74) is 8.69. The molecule has 3 nitrogen and oxygen atoms in total. The molecule has 122 valence electrons. The van der Waals surface area contributed by atoms with Crippen molar-refractivity contribution in [1.29, 1.82) is 0 Å². The third kappa shape index (κ3) is 2.90. The highest BCUT2D eigenvalue weighted by Gasteiger charge is 2.34. The number of carbonyl (C=O) groups is 1. The topological polar surface area (TPSA) is 46.3 Å². The molecule has 1 aliphatic heterocycles. The maximum Gasteiger partial charge on any atom is 0.257 e. The Hall–Kier alpha value is -1.03. The van der Waals surface area contributed by atoms with Gasteiger partial charge >= 0.3 is 0 Å². The molecular weight excluding hydrogens is 292 g/mol. The number of thiophene rings is 1. The van der Waals surface area contributed by atoms with Gasteiger partial charge in [0.2, 0.25) is 0 Å². The van der Waals surface area contributed by atoms with Gasteiger partial charge in [0.25, 0.3) is 5.91 Å². The summed E-state index contributed by atoms with van der Waals surface area (Å²) in [4.78, 5) is 16.3. The Morgan fingerprint density at radius 1 is 1.23 bits per heavy atom. The van der Waals surface area contributed by atoms with Crippen LogP contribution in [-0.2, 0) is 12.8 Å². The molecule has 2 aliphatic rings. The van der Waals surface area contributed by atoms with Crippen molar-refractivity contribution in [2.24, 2.45) is 11.3 Å². The van der Waals surface area contributed by atoms with Crippen LogP contribution in [0.1, 0.15) is 67.3 Å². The van der Waals surface area contributed by atoms with Crippen LogP contribution in [0.4, 0.5) is 5.00 Å². The van der Waals surface area contributed by atoms with Crippen molar-refractivity contribution in [3.8, 4) is 0 Å². The zero-order valence-corrected chi connectivity index (χ0v) is 14.9. The SMILES string of the molecule is CC(C)(C)[C@@H]1CCc2c(sc(N)c2C(=O)N2CCCCC2)C1. The largest absolute Gasteiger partial charge is 0.390 e. The molecule has 2 heterocycles. The average molecular weight is 321 g/mol. The molecule has 4 heteroatoms. The molecule has 1 aliphatic carbocycles. The lowest BCUT2D eigenvalue weighted by molar-refractivity contribution is 0.0724. The molecule has 1 saturated heterocycles. The van der Waals surface area contributed by atoms with Gasteiger partial charge in [0.15, 0.2) is 0 Å². The molecule has 22 heavy (non-hydrogen) atoms. The van der Waals surface area contributed by atoms with Gasteiger partial charge in [0, 0.05) is 18.0 Å². The minimum absolute atomic E-state index is 0.184. The number of anilines is 1. The Bertz CT molecular complexity index is 564. The van der Waals surface area contributed by atoms with Gasteiger partial charge in [-0.05, 0) is 55.4 Å². The maximum atomic E-state index is 12.9. The van der Waals surface area contributed by atoms with E-state index in [0.29, 0.717) is 11.3 Å². The van der Waals surface area contributed by atoms with Crippen molar-refractivity contribution >= 4 is 22.2 Å². The Morgan fingerprint density at radius 2 is 1.91 bits per heavy atom. The summed E-state index contributed by atoms with van der Waals surface area (Å²) in [5.74, 6) is 0.875. The van der Waals surface area contributed by atoms with E-state index in [9.17, 15) is 4.79 Å². The van der Waals surface area contributed by atoms with E-state index in [0.717, 1.165) is 49.3 Å². The van der Waals surface area contributed by atoms with Crippen molar-refractivity contribution in [3.63, 3.8) is 0 Å². The van der Waals surface area contributed by atoms with Crippen LogP contribution >= 0.6 is 11.3 Å². The molecule has 0 spiro atoms. The van der Waals surface area contributed by atoms with Crippen LogP contribution < -0.4 is 5.73 Å². The van der Waals surface area contributed by atoms with Crippen molar-refractivity contribution in [1.82, 2.24) is 4.90 Å². The average Bonchev–Trinajstić information content (AvgIpc) is 2.81. The fourth-order valence-corrected chi connectivity index (χ4v) is 5.03. The van der Waals surface area contributed by atoms with Crippen molar-refractivity contribution in [3.05, 3.63) is 16.0 Å². The van der Waals surface area contributed by atoms with Gasteiger partial charge in [-0.15, -0.1) is 11.3 Å². The fraction of sp³-hybridized carbons (Fsp3) is 0.722. The van der Waals surface area contributed by atoms with Gasteiger partial charge in [0.05, 0.1) is 10.6 Å². The Balaban J connectivity index is 1.86. The first-order valence-electron chi connectivity index (χ1n) is 8.57. The highest BCUT2D eigenvalue weighted by molar-refractivity contribution is 7.16. The molecular formula is C18H28N2OS. The number of nitrogen functional groups attached to an aromatic ring is 1. The first-order valence-corrected chi connectivity index (χ1v) is 9.39. The lowest BCUT2D eigenvalue weighted by atomic mass is 9.72. The summed E-state index contributed by atoms with van der Waals surface area (Å²) < 4.78 is 0. The molecule has 0 bridgehead atoms.